The van der Waals surface area contributed by atoms with Crippen LogP contribution in [0.15, 0.2) is 12.3 Å². The number of carbonyl (C=O) groups excluding carboxylic acids is 1. The molecule has 0 aliphatic heterocycles. The van der Waals surface area contributed by atoms with E-state index >= 15 is 0 Å². The number of primary amides is 1. The highest BCUT2D eigenvalue weighted by atomic mass is 16.4. The number of hydrogen-bond acceptors (Lipinski definition) is 2. The number of carboxylic acid groups (broad SMARTS) is 1. The average molecular weight is 130 g/mol. The summed E-state index contributed by atoms with van der Waals surface area (Å²) < 4.78 is 0. The van der Waals surface area contributed by atoms with E-state index in [2.05, 4.69) is 5.73 Å². The number of nitrogens with two attached hydrogens (primary N) is 1. The molecule has 2 amide bonds. The number of carboxylic acids is 1. The lowest BCUT2D eigenvalue weighted by atomic mass is 10.6. The molecule has 0 heterocycles. The Morgan fingerprint density at radius 2 is 2.11 bits per heavy atom. The predicted molar refractivity (Wildman–Crippen MR) is 29.5 cm³/mol. The van der Waals surface area contributed by atoms with Crippen LogP contribution in [-0.4, -0.2) is 17.1 Å². The summed E-state index contributed by atoms with van der Waals surface area (Å²) in [6, 6.07) is -0.785. The summed E-state index contributed by atoms with van der Waals surface area (Å²) in [7, 11) is 0. The summed E-state index contributed by atoms with van der Waals surface area (Å²) in [5.41, 5.74) is 4.58. The van der Waals surface area contributed by atoms with Gasteiger partial charge >= 0.3 is 12.0 Å². The van der Waals surface area contributed by atoms with E-state index < -0.39 is 12.0 Å². The van der Waals surface area contributed by atoms with E-state index in [4.69, 9.17) is 5.11 Å². The largest absolute Gasteiger partial charge is 0.478 e. The second kappa shape index (κ2) is 3.48. The van der Waals surface area contributed by atoms with E-state index in [9.17, 15) is 9.59 Å². The van der Waals surface area contributed by atoms with Gasteiger partial charge in [-0.15, -0.1) is 0 Å². The van der Waals surface area contributed by atoms with E-state index in [1.165, 1.54) is 0 Å². The van der Waals surface area contributed by atoms with Gasteiger partial charge in [-0.2, -0.15) is 0 Å². The minimum atomic E-state index is -1.14. The van der Waals surface area contributed by atoms with E-state index in [-0.39, 0.29) is 0 Å². The zero-order valence-corrected chi connectivity index (χ0v) is 4.50. The highest BCUT2D eigenvalue weighted by Crippen LogP contribution is 1.65. The normalized spacial score (nSPS) is 9.33. The Hall–Kier alpha value is -1.52. The van der Waals surface area contributed by atoms with E-state index in [1.807, 2.05) is 5.32 Å². The fraction of sp³-hybridized carbons (Fsp3) is 0. The zero-order chi connectivity index (χ0) is 7.28. The smallest absolute Gasteiger partial charge is 0.329 e. The molecule has 50 valence electrons. The molecular weight excluding hydrogens is 124 g/mol. The monoisotopic (exact) mass is 130 g/mol. The maximum Gasteiger partial charge on any atom is 0.329 e. The second-order valence-corrected chi connectivity index (χ2v) is 1.18. The number of carbonyl (C=O) groups is 2. The first-order chi connectivity index (χ1) is 4.13. The summed E-state index contributed by atoms with van der Waals surface area (Å²) in [5, 5.41) is 9.90. The number of hydrogen-bond donors (Lipinski definition) is 3. The molecule has 9 heavy (non-hydrogen) atoms. The van der Waals surface area contributed by atoms with Crippen LogP contribution in [0.5, 0.6) is 0 Å². The molecule has 0 aromatic heterocycles. The van der Waals surface area contributed by atoms with E-state index in [0.29, 0.717) is 0 Å². The summed E-state index contributed by atoms with van der Waals surface area (Å²) in [6.07, 6.45) is 1.72. The molecule has 4 N–H and O–H groups in total. The molecule has 0 aliphatic carbocycles. The number of rotatable bonds is 2. The van der Waals surface area contributed by atoms with Crippen LogP contribution in [0.1, 0.15) is 0 Å². The number of aliphatic carboxylic acids is 1. The van der Waals surface area contributed by atoms with Crippen molar-refractivity contribution < 1.29 is 14.7 Å². The van der Waals surface area contributed by atoms with Crippen molar-refractivity contribution in [2.24, 2.45) is 5.73 Å². The predicted octanol–water partition coefficient (Wildman–Crippen LogP) is -0.747. The average Bonchev–Trinajstić information content (AvgIpc) is 1.63. The second-order valence-electron chi connectivity index (χ2n) is 1.18. The first kappa shape index (κ1) is 7.48. The van der Waals surface area contributed by atoms with Crippen LogP contribution < -0.4 is 11.1 Å². The SMILES string of the molecule is NC(=O)N/C=C/C(=O)O. The first-order valence-electron chi connectivity index (χ1n) is 2.08. The maximum absolute atomic E-state index is 9.85. The van der Waals surface area contributed by atoms with Crippen LogP contribution in [0.3, 0.4) is 0 Å². The minimum absolute atomic E-state index is 0.769. The maximum atomic E-state index is 9.85. The lowest BCUT2D eigenvalue weighted by molar-refractivity contribution is -0.131. The van der Waals surface area contributed by atoms with Crippen LogP contribution in [0.4, 0.5) is 4.79 Å². The Labute approximate surface area is 51.2 Å². The number of urea groups is 1. The van der Waals surface area contributed by atoms with Crippen molar-refractivity contribution in [3.05, 3.63) is 12.3 Å². The number of amides is 2. The molecule has 0 saturated heterocycles. The Morgan fingerprint density at radius 1 is 1.56 bits per heavy atom. The van der Waals surface area contributed by atoms with Gasteiger partial charge in [0, 0.05) is 12.3 Å². The number of nitrogens with one attached hydrogen (secondary N) is 1. The Balaban J connectivity index is 3.48. The summed E-state index contributed by atoms with van der Waals surface area (Å²) in [6.45, 7) is 0. The van der Waals surface area contributed by atoms with Crippen LogP contribution >= 0.6 is 0 Å². The van der Waals surface area contributed by atoms with Crippen molar-refractivity contribution in [2.75, 3.05) is 0 Å². The lowest BCUT2D eigenvalue weighted by Crippen LogP contribution is -2.24. The Bertz CT molecular complexity index is 152. The fourth-order valence-corrected chi connectivity index (χ4v) is 0.195. The zero-order valence-electron chi connectivity index (χ0n) is 4.50. The molecule has 0 rings (SSSR count). The van der Waals surface area contributed by atoms with Gasteiger partial charge in [-0.25, -0.2) is 9.59 Å². The standard InChI is InChI=1S/C4H6N2O3/c5-4(9)6-2-1-3(7)8/h1-2H,(H,7,8)(H3,5,6,9)/b2-1+. The molecule has 5 heteroatoms. The molecule has 0 fully saturated rings. The van der Waals surface area contributed by atoms with Gasteiger partial charge in [0.25, 0.3) is 0 Å². The van der Waals surface area contributed by atoms with Gasteiger partial charge in [0.1, 0.15) is 0 Å². The highest BCUT2D eigenvalue weighted by molar-refractivity contribution is 5.81. The minimum Gasteiger partial charge on any atom is -0.478 e. The molecule has 0 spiro atoms. The van der Waals surface area contributed by atoms with Gasteiger partial charge in [-0.1, -0.05) is 0 Å². The quantitative estimate of drug-likeness (QED) is 0.429. The summed E-state index contributed by atoms with van der Waals surface area (Å²) >= 11 is 0. The highest BCUT2D eigenvalue weighted by Gasteiger charge is 1.85. The molecule has 0 atom stereocenters. The van der Waals surface area contributed by atoms with Crippen molar-refractivity contribution >= 4 is 12.0 Å². The third kappa shape index (κ3) is 6.48. The third-order valence-corrected chi connectivity index (χ3v) is 0.452. The molecular formula is C4H6N2O3. The molecule has 0 bridgehead atoms. The third-order valence-electron chi connectivity index (χ3n) is 0.452. The van der Waals surface area contributed by atoms with Crippen molar-refractivity contribution in [3.8, 4) is 0 Å². The molecule has 0 unspecified atom stereocenters. The first-order valence-corrected chi connectivity index (χ1v) is 2.08. The van der Waals surface area contributed by atoms with Crippen LogP contribution in [0.2, 0.25) is 0 Å². The van der Waals surface area contributed by atoms with Crippen LogP contribution in [0.25, 0.3) is 0 Å². The van der Waals surface area contributed by atoms with Crippen molar-refractivity contribution in [1.82, 2.24) is 5.32 Å². The molecule has 0 aromatic rings. The Morgan fingerprint density at radius 3 is 2.44 bits per heavy atom. The van der Waals surface area contributed by atoms with Crippen LogP contribution in [-0.2, 0) is 4.79 Å². The topological polar surface area (TPSA) is 92.4 Å². The van der Waals surface area contributed by atoms with Crippen molar-refractivity contribution in [3.63, 3.8) is 0 Å². The van der Waals surface area contributed by atoms with Crippen molar-refractivity contribution in [1.29, 1.82) is 0 Å². The summed E-state index contributed by atoms with van der Waals surface area (Å²) in [5.74, 6) is -1.14. The molecule has 0 aromatic carbocycles. The lowest BCUT2D eigenvalue weighted by Gasteiger charge is -1.86. The van der Waals surface area contributed by atoms with Gasteiger partial charge in [0.05, 0.1) is 0 Å². The van der Waals surface area contributed by atoms with Gasteiger partial charge in [-0.05, 0) is 0 Å². The fourth-order valence-electron chi connectivity index (χ4n) is 0.195. The van der Waals surface area contributed by atoms with Gasteiger partial charge < -0.3 is 16.2 Å². The van der Waals surface area contributed by atoms with Gasteiger partial charge in [0.2, 0.25) is 0 Å². The van der Waals surface area contributed by atoms with Crippen molar-refractivity contribution in [2.45, 2.75) is 0 Å². The van der Waals surface area contributed by atoms with Crippen LogP contribution in [0, 0.1) is 0 Å². The molecule has 0 aliphatic rings. The van der Waals surface area contributed by atoms with E-state index in [1.54, 1.807) is 0 Å². The van der Waals surface area contributed by atoms with E-state index in [0.717, 1.165) is 12.3 Å². The Kier molecular flexibility index (Phi) is 2.89. The van der Waals surface area contributed by atoms with Gasteiger partial charge in [-0.3, -0.25) is 0 Å². The molecule has 5 nitrogen and oxygen atoms in total. The summed E-state index contributed by atoms with van der Waals surface area (Å²) in [4.78, 5) is 19.5. The molecule has 0 saturated carbocycles. The molecule has 0 radical (unpaired) electrons. The van der Waals surface area contributed by atoms with Gasteiger partial charge in [0.15, 0.2) is 0 Å².